The highest BCUT2D eigenvalue weighted by Crippen LogP contribution is 2.46. The Morgan fingerprint density at radius 3 is 2.38 bits per heavy atom. The molecule has 2 N–H and O–H groups in total. The first-order valence-corrected chi connectivity index (χ1v) is 8.10. The highest BCUT2D eigenvalue weighted by atomic mass is 19.4. The summed E-state index contributed by atoms with van der Waals surface area (Å²) in [5, 5.41) is 4.13. The molecular formula is C20H18F3N3. The van der Waals surface area contributed by atoms with Crippen LogP contribution in [0, 0.1) is 0 Å². The molecule has 1 aromatic heterocycles. The minimum Gasteiger partial charge on any atom is -0.323 e. The van der Waals surface area contributed by atoms with Gasteiger partial charge in [0.1, 0.15) is 0 Å². The van der Waals surface area contributed by atoms with E-state index < -0.39 is 11.6 Å². The van der Waals surface area contributed by atoms with Crippen LogP contribution in [-0.2, 0) is 5.41 Å². The largest absolute Gasteiger partial charge is 0.398 e. The average molecular weight is 357 g/mol. The fourth-order valence-electron chi connectivity index (χ4n) is 3.12. The van der Waals surface area contributed by atoms with Crippen LogP contribution < -0.4 is 5.84 Å². The second kappa shape index (κ2) is 6.78. The van der Waals surface area contributed by atoms with Crippen molar-refractivity contribution in [1.82, 2.24) is 4.98 Å². The molecule has 0 aliphatic rings. The molecule has 26 heavy (non-hydrogen) atoms. The van der Waals surface area contributed by atoms with Crippen molar-refractivity contribution in [3.63, 3.8) is 0 Å². The van der Waals surface area contributed by atoms with E-state index in [-0.39, 0.29) is 17.7 Å². The summed E-state index contributed by atoms with van der Waals surface area (Å²) in [4.78, 5) is 4.17. The van der Waals surface area contributed by atoms with E-state index in [1.807, 2.05) is 0 Å². The van der Waals surface area contributed by atoms with Crippen molar-refractivity contribution in [1.29, 1.82) is 0 Å². The van der Waals surface area contributed by atoms with Gasteiger partial charge in [-0.05, 0) is 30.2 Å². The minimum atomic E-state index is -4.50. The monoisotopic (exact) mass is 357 g/mol. The van der Waals surface area contributed by atoms with Crippen LogP contribution in [0.3, 0.4) is 0 Å². The topological polar surface area (TPSA) is 51.3 Å². The van der Waals surface area contributed by atoms with Crippen molar-refractivity contribution in [3.05, 3.63) is 78.0 Å². The lowest BCUT2D eigenvalue weighted by molar-refractivity contribution is -0.183. The van der Waals surface area contributed by atoms with E-state index in [0.29, 0.717) is 16.5 Å². The summed E-state index contributed by atoms with van der Waals surface area (Å²) in [5.74, 6) is 5.45. The van der Waals surface area contributed by atoms with Crippen molar-refractivity contribution in [2.24, 2.45) is 10.9 Å². The van der Waals surface area contributed by atoms with Crippen molar-refractivity contribution in [2.75, 3.05) is 0 Å². The third-order valence-corrected chi connectivity index (χ3v) is 4.65. The summed E-state index contributed by atoms with van der Waals surface area (Å²) in [7, 11) is 0. The van der Waals surface area contributed by atoms with E-state index in [1.54, 1.807) is 60.8 Å². The number of hydrazone groups is 1. The quantitative estimate of drug-likeness (QED) is 0.414. The number of hydrogen-bond acceptors (Lipinski definition) is 3. The highest BCUT2D eigenvalue weighted by molar-refractivity contribution is 6.01. The summed E-state index contributed by atoms with van der Waals surface area (Å²) < 4.78 is 42.6. The van der Waals surface area contributed by atoms with Gasteiger partial charge in [0.2, 0.25) is 0 Å². The van der Waals surface area contributed by atoms with Gasteiger partial charge in [-0.1, -0.05) is 48.5 Å². The standard InChI is InChI=1S/C20H18F3N3/c1-19(20(21,22)23,13-18(26-24)14-7-3-2-4-8-14)16-10-5-11-17-15(16)9-6-12-25-17/h2-12H,13,24H2,1H3/b26-18-. The fraction of sp³-hybridized carbons (Fsp3) is 0.200. The number of fused-ring (bicyclic) bond motifs is 1. The molecule has 134 valence electrons. The minimum absolute atomic E-state index is 0.160. The number of pyridine rings is 1. The van der Waals surface area contributed by atoms with Crippen molar-refractivity contribution < 1.29 is 13.2 Å². The average Bonchev–Trinajstić information content (AvgIpc) is 2.65. The molecule has 1 unspecified atom stereocenters. The lowest BCUT2D eigenvalue weighted by atomic mass is 9.75. The predicted molar refractivity (Wildman–Crippen MR) is 96.9 cm³/mol. The van der Waals surface area contributed by atoms with Gasteiger partial charge >= 0.3 is 6.18 Å². The normalized spacial score (nSPS) is 15.0. The van der Waals surface area contributed by atoms with Crippen molar-refractivity contribution in [3.8, 4) is 0 Å². The maximum absolute atomic E-state index is 14.2. The molecular weight excluding hydrogens is 339 g/mol. The van der Waals surface area contributed by atoms with Gasteiger partial charge in [0.15, 0.2) is 0 Å². The first-order chi connectivity index (χ1) is 12.4. The Hall–Kier alpha value is -2.89. The Balaban J connectivity index is 2.16. The summed E-state index contributed by atoms with van der Waals surface area (Å²) in [6.45, 7) is 1.18. The van der Waals surface area contributed by atoms with Gasteiger partial charge in [-0.3, -0.25) is 4.98 Å². The zero-order valence-corrected chi connectivity index (χ0v) is 14.2. The smallest absolute Gasteiger partial charge is 0.323 e. The molecule has 0 aliphatic heterocycles. The molecule has 2 aromatic carbocycles. The number of benzene rings is 2. The van der Waals surface area contributed by atoms with Crippen LogP contribution in [0.4, 0.5) is 13.2 Å². The van der Waals surface area contributed by atoms with Gasteiger partial charge in [0.25, 0.3) is 0 Å². The Morgan fingerprint density at radius 2 is 1.73 bits per heavy atom. The predicted octanol–water partition coefficient (Wildman–Crippen LogP) is 4.81. The molecule has 0 radical (unpaired) electrons. The Morgan fingerprint density at radius 1 is 1.00 bits per heavy atom. The molecule has 3 rings (SSSR count). The van der Waals surface area contributed by atoms with E-state index in [4.69, 9.17) is 5.84 Å². The van der Waals surface area contributed by atoms with Crippen LogP contribution in [0.25, 0.3) is 10.9 Å². The Labute approximate surface area is 149 Å². The van der Waals surface area contributed by atoms with Gasteiger partial charge in [-0.25, -0.2) is 0 Å². The van der Waals surface area contributed by atoms with Gasteiger partial charge in [0, 0.05) is 18.0 Å². The zero-order chi connectivity index (χ0) is 18.8. The van der Waals surface area contributed by atoms with Gasteiger partial charge < -0.3 is 5.84 Å². The van der Waals surface area contributed by atoms with E-state index >= 15 is 0 Å². The SMILES string of the molecule is CC(C/C(=N/N)c1ccccc1)(c1cccc2ncccc12)C(F)(F)F. The molecule has 1 heterocycles. The van der Waals surface area contributed by atoms with E-state index in [2.05, 4.69) is 10.1 Å². The molecule has 3 nitrogen and oxygen atoms in total. The highest BCUT2D eigenvalue weighted by Gasteiger charge is 2.53. The number of hydrogen-bond donors (Lipinski definition) is 1. The van der Waals surface area contributed by atoms with Gasteiger partial charge in [-0.15, -0.1) is 0 Å². The molecule has 1 atom stereocenters. The molecule has 0 spiro atoms. The van der Waals surface area contributed by atoms with Gasteiger partial charge in [0.05, 0.1) is 16.6 Å². The molecule has 0 amide bonds. The number of nitrogens with zero attached hydrogens (tertiary/aromatic N) is 2. The first kappa shape index (κ1) is 17.9. The lowest BCUT2D eigenvalue weighted by Gasteiger charge is -2.34. The maximum atomic E-state index is 14.2. The summed E-state index contributed by atoms with van der Waals surface area (Å²) >= 11 is 0. The van der Waals surface area contributed by atoms with E-state index in [0.717, 1.165) is 0 Å². The van der Waals surface area contributed by atoms with Gasteiger partial charge in [-0.2, -0.15) is 18.3 Å². The Kier molecular flexibility index (Phi) is 4.68. The fourth-order valence-corrected chi connectivity index (χ4v) is 3.12. The van der Waals surface area contributed by atoms with Crippen LogP contribution in [-0.4, -0.2) is 16.9 Å². The summed E-state index contributed by atoms with van der Waals surface area (Å²) in [5.41, 5.74) is -0.710. The summed E-state index contributed by atoms with van der Waals surface area (Å²) in [6.07, 6.45) is -3.30. The number of aromatic nitrogens is 1. The van der Waals surface area contributed by atoms with E-state index in [1.165, 1.54) is 13.0 Å². The second-order valence-electron chi connectivity index (χ2n) is 6.32. The van der Waals surface area contributed by atoms with Crippen molar-refractivity contribution >= 4 is 16.6 Å². The van der Waals surface area contributed by atoms with Crippen LogP contribution in [0.15, 0.2) is 72.0 Å². The third kappa shape index (κ3) is 3.14. The molecule has 0 bridgehead atoms. The molecule has 0 aliphatic carbocycles. The van der Waals surface area contributed by atoms with Crippen molar-refractivity contribution in [2.45, 2.75) is 24.9 Å². The van der Waals surface area contributed by atoms with Crippen LogP contribution >= 0.6 is 0 Å². The third-order valence-electron chi connectivity index (χ3n) is 4.65. The molecule has 0 fully saturated rings. The number of alkyl halides is 3. The molecule has 0 saturated heterocycles. The molecule has 0 saturated carbocycles. The number of halogens is 3. The summed E-state index contributed by atoms with van der Waals surface area (Å²) in [6, 6.07) is 16.8. The lowest BCUT2D eigenvalue weighted by Crippen LogP contribution is -2.42. The maximum Gasteiger partial charge on any atom is 0.398 e. The first-order valence-electron chi connectivity index (χ1n) is 8.10. The molecule has 3 aromatic rings. The van der Waals surface area contributed by atoms with E-state index in [9.17, 15) is 13.2 Å². The van der Waals surface area contributed by atoms with Crippen LogP contribution in [0.5, 0.6) is 0 Å². The second-order valence-corrected chi connectivity index (χ2v) is 6.32. The van der Waals surface area contributed by atoms with Crippen LogP contribution in [0.2, 0.25) is 0 Å². The number of nitrogens with two attached hydrogens (primary N) is 1. The zero-order valence-electron chi connectivity index (χ0n) is 14.2. The molecule has 6 heteroatoms. The van der Waals surface area contributed by atoms with Crippen LogP contribution in [0.1, 0.15) is 24.5 Å². The Bertz CT molecular complexity index is 930. The number of rotatable bonds is 4.